The van der Waals surface area contributed by atoms with E-state index in [1.54, 1.807) is 0 Å². The highest BCUT2D eigenvalue weighted by atomic mass is 19.1. The standard InChI is InChI=1S/C21H22F2O4/c1-12(20(24)25)7-13-8-16(22)19(17(23)9-13)26-11-14-5-4-6-18-15(14)10-21(2,3)27-18/h4-6,8-9,12H,7,10-11H2,1-3H3,(H,24,25). The van der Waals surface area contributed by atoms with Gasteiger partial charge in [0.15, 0.2) is 17.4 Å². The van der Waals surface area contributed by atoms with Crippen LogP contribution in [0, 0.1) is 17.6 Å². The molecule has 0 saturated heterocycles. The number of halogens is 2. The van der Waals surface area contributed by atoms with Gasteiger partial charge in [-0.15, -0.1) is 0 Å². The van der Waals surface area contributed by atoms with Crippen molar-refractivity contribution in [1.82, 2.24) is 0 Å². The average Bonchev–Trinajstić information content (AvgIpc) is 2.88. The summed E-state index contributed by atoms with van der Waals surface area (Å²) < 4.78 is 39.9. The van der Waals surface area contributed by atoms with E-state index in [1.807, 2.05) is 32.0 Å². The minimum absolute atomic E-state index is 0.0152. The summed E-state index contributed by atoms with van der Waals surface area (Å²) in [4.78, 5) is 10.9. The van der Waals surface area contributed by atoms with Crippen molar-refractivity contribution >= 4 is 5.97 Å². The molecule has 1 aliphatic rings. The van der Waals surface area contributed by atoms with E-state index in [9.17, 15) is 13.6 Å². The Hall–Kier alpha value is -2.63. The number of hydrogen-bond acceptors (Lipinski definition) is 3. The lowest BCUT2D eigenvalue weighted by Gasteiger charge is -2.16. The third-order valence-electron chi connectivity index (χ3n) is 4.61. The summed E-state index contributed by atoms with van der Waals surface area (Å²) in [5.74, 6) is -3.12. The van der Waals surface area contributed by atoms with Gasteiger partial charge in [0.05, 0.1) is 5.92 Å². The molecule has 1 heterocycles. The van der Waals surface area contributed by atoms with E-state index in [0.717, 1.165) is 29.0 Å². The van der Waals surface area contributed by atoms with E-state index < -0.39 is 29.3 Å². The summed E-state index contributed by atoms with van der Waals surface area (Å²) in [6, 6.07) is 7.79. The molecule has 0 aliphatic carbocycles. The quantitative estimate of drug-likeness (QED) is 0.805. The van der Waals surface area contributed by atoms with Crippen molar-refractivity contribution in [2.45, 2.75) is 45.8 Å². The average molecular weight is 376 g/mol. The van der Waals surface area contributed by atoms with Gasteiger partial charge in [0.25, 0.3) is 0 Å². The topological polar surface area (TPSA) is 55.8 Å². The van der Waals surface area contributed by atoms with Crippen molar-refractivity contribution in [3.63, 3.8) is 0 Å². The van der Waals surface area contributed by atoms with Crippen LogP contribution >= 0.6 is 0 Å². The molecular weight excluding hydrogens is 354 g/mol. The molecule has 144 valence electrons. The van der Waals surface area contributed by atoms with Crippen molar-refractivity contribution in [3.05, 3.63) is 58.7 Å². The molecule has 0 bridgehead atoms. The second-order valence-electron chi connectivity index (χ2n) is 7.55. The Morgan fingerprint density at radius 2 is 1.96 bits per heavy atom. The zero-order chi connectivity index (χ0) is 19.8. The molecule has 0 saturated carbocycles. The lowest BCUT2D eigenvalue weighted by molar-refractivity contribution is -0.141. The number of rotatable bonds is 6. The third kappa shape index (κ3) is 4.21. The lowest BCUT2D eigenvalue weighted by atomic mass is 9.98. The zero-order valence-electron chi connectivity index (χ0n) is 15.5. The Bertz CT molecular complexity index is 853. The number of ether oxygens (including phenoxy) is 2. The molecule has 2 aromatic carbocycles. The summed E-state index contributed by atoms with van der Waals surface area (Å²) in [5.41, 5.74) is 1.76. The summed E-state index contributed by atoms with van der Waals surface area (Å²) in [5, 5.41) is 8.94. The first-order valence-electron chi connectivity index (χ1n) is 8.79. The van der Waals surface area contributed by atoms with Gasteiger partial charge in [-0.1, -0.05) is 19.1 Å². The highest BCUT2D eigenvalue weighted by Gasteiger charge is 2.31. The number of carboxylic acid groups (broad SMARTS) is 1. The summed E-state index contributed by atoms with van der Waals surface area (Å²) in [6.07, 6.45) is 0.737. The van der Waals surface area contributed by atoms with Gasteiger partial charge in [-0.2, -0.15) is 0 Å². The first kappa shape index (κ1) is 19.1. The van der Waals surface area contributed by atoms with Crippen LogP contribution in [0.25, 0.3) is 0 Å². The Morgan fingerprint density at radius 3 is 2.59 bits per heavy atom. The molecule has 0 radical (unpaired) electrons. The van der Waals surface area contributed by atoms with Crippen molar-refractivity contribution in [3.8, 4) is 11.5 Å². The van der Waals surface area contributed by atoms with E-state index in [4.69, 9.17) is 14.6 Å². The molecule has 27 heavy (non-hydrogen) atoms. The monoisotopic (exact) mass is 376 g/mol. The van der Waals surface area contributed by atoms with Gasteiger partial charge in [-0.25, -0.2) is 8.78 Å². The number of fused-ring (bicyclic) bond motifs is 1. The first-order chi connectivity index (χ1) is 12.7. The van der Waals surface area contributed by atoms with E-state index in [-0.39, 0.29) is 24.2 Å². The van der Waals surface area contributed by atoms with Crippen LogP contribution in [0.1, 0.15) is 37.5 Å². The van der Waals surface area contributed by atoms with Gasteiger partial charge in [-0.05, 0) is 49.6 Å². The maximum atomic E-state index is 14.3. The van der Waals surface area contributed by atoms with E-state index in [0.29, 0.717) is 6.42 Å². The van der Waals surface area contributed by atoms with Gasteiger partial charge in [-0.3, -0.25) is 4.79 Å². The first-order valence-corrected chi connectivity index (χ1v) is 8.79. The molecule has 1 unspecified atom stereocenters. The van der Waals surface area contributed by atoms with Crippen LogP contribution in [0.4, 0.5) is 8.78 Å². The molecule has 1 aliphatic heterocycles. The van der Waals surface area contributed by atoms with E-state index in [2.05, 4.69) is 0 Å². The molecule has 0 aromatic heterocycles. The van der Waals surface area contributed by atoms with Crippen molar-refractivity contribution < 1.29 is 28.2 Å². The Kier molecular flexibility index (Phi) is 5.09. The second-order valence-corrected chi connectivity index (χ2v) is 7.55. The van der Waals surface area contributed by atoms with Crippen molar-refractivity contribution in [1.29, 1.82) is 0 Å². The molecule has 1 N–H and O–H groups in total. The van der Waals surface area contributed by atoms with E-state index >= 15 is 0 Å². The predicted molar refractivity (Wildman–Crippen MR) is 96.0 cm³/mol. The van der Waals surface area contributed by atoms with Crippen LogP contribution in [0.5, 0.6) is 11.5 Å². The van der Waals surface area contributed by atoms with Crippen LogP contribution < -0.4 is 9.47 Å². The summed E-state index contributed by atoms with van der Waals surface area (Å²) >= 11 is 0. The Labute approximate surface area is 156 Å². The Balaban J connectivity index is 1.76. The predicted octanol–water partition coefficient (Wildman–Crippen LogP) is 4.52. The fourth-order valence-corrected chi connectivity index (χ4v) is 3.26. The number of hydrogen-bond donors (Lipinski definition) is 1. The van der Waals surface area contributed by atoms with Crippen LogP contribution in [0.3, 0.4) is 0 Å². The third-order valence-corrected chi connectivity index (χ3v) is 4.61. The molecule has 6 heteroatoms. The van der Waals surface area contributed by atoms with Gasteiger partial charge in [0.2, 0.25) is 0 Å². The van der Waals surface area contributed by atoms with Gasteiger partial charge < -0.3 is 14.6 Å². The highest BCUT2D eigenvalue weighted by Crippen LogP contribution is 2.37. The minimum atomic E-state index is -1.01. The van der Waals surface area contributed by atoms with Gasteiger partial charge in [0.1, 0.15) is 18.0 Å². The minimum Gasteiger partial charge on any atom is -0.487 e. The zero-order valence-corrected chi connectivity index (χ0v) is 15.5. The number of carboxylic acids is 1. The van der Waals surface area contributed by atoms with Crippen LogP contribution in [-0.2, 0) is 24.2 Å². The number of benzene rings is 2. The Morgan fingerprint density at radius 1 is 1.30 bits per heavy atom. The molecule has 0 spiro atoms. The number of aliphatic carboxylic acids is 1. The highest BCUT2D eigenvalue weighted by molar-refractivity contribution is 5.69. The molecule has 4 nitrogen and oxygen atoms in total. The lowest BCUT2D eigenvalue weighted by Crippen LogP contribution is -2.24. The summed E-state index contributed by atoms with van der Waals surface area (Å²) in [6.45, 7) is 5.46. The van der Waals surface area contributed by atoms with Crippen molar-refractivity contribution in [2.75, 3.05) is 0 Å². The molecule has 3 rings (SSSR count). The van der Waals surface area contributed by atoms with Gasteiger partial charge >= 0.3 is 5.97 Å². The molecule has 0 fully saturated rings. The van der Waals surface area contributed by atoms with Crippen LogP contribution in [-0.4, -0.2) is 16.7 Å². The molecule has 1 atom stereocenters. The fraction of sp³-hybridized carbons (Fsp3) is 0.381. The molecule has 2 aromatic rings. The number of carbonyl (C=O) groups is 1. The van der Waals surface area contributed by atoms with Gasteiger partial charge in [0, 0.05) is 12.0 Å². The summed E-state index contributed by atoms with van der Waals surface area (Å²) in [7, 11) is 0. The van der Waals surface area contributed by atoms with Crippen molar-refractivity contribution in [2.24, 2.45) is 5.92 Å². The smallest absolute Gasteiger partial charge is 0.306 e. The largest absolute Gasteiger partial charge is 0.487 e. The second kappa shape index (κ2) is 7.18. The SMILES string of the molecule is CC(Cc1cc(F)c(OCc2cccc3c2CC(C)(C)O3)c(F)c1)C(=O)O. The normalized spacial score (nSPS) is 15.7. The van der Waals surface area contributed by atoms with E-state index in [1.165, 1.54) is 6.92 Å². The molecule has 0 amide bonds. The maximum Gasteiger partial charge on any atom is 0.306 e. The fourth-order valence-electron chi connectivity index (χ4n) is 3.26. The van der Waals surface area contributed by atoms with Crippen LogP contribution in [0.2, 0.25) is 0 Å². The molecular formula is C21H22F2O4. The maximum absolute atomic E-state index is 14.3. The van der Waals surface area contributed by atoms with Crippen LogP contribution in [0.15, 0.2) is 30.3 Å².